The average molecular weight is 229 g/mol. The highest BCUT2D eigenvalue weighted by Gasteiger charge is 2.18. The molecule has 3 nitrogen and oxygen atoms in total. The van der Waals surface area contributed by atoms with Gasteiger partial charge >= 0.3 is 5.97 Å². The smallest absolute Gasteiger partial charge is 0.352 e. The van der Waals surface area contributed by atoms with Gasteiger partial charge in [-0.2, -0.15) is 0 Å². The number of hydrogen-bond acceptors (Lipinski definition) is 1. The van der Waals surface area contributed by atoms with E-state index in [1.807, 2.05) is 32.0 Å². The molecule has 88 valence electrons. The number of allylic oxidation sites excluding steroid dienone is 1. The number of carboxylic acid groups (broad SMARTS) is 1. The van der Waals surface area contributed by atoms with Crippen LogP contribution in [0.2, 0.25) is 0 Å². The minimum Gasteiger partial charge on any atom is -0.477 e. The molecule has 1 heterocycles. The lowest BCUT2D eigenvalue weighted by molar-refractivity contribution is 0.0685. The maximum Gasteiger partial charge on any atom is 0.352 e. The predicted octanol–water partition coefficient (Wildman–Crippen LogP) is 3.14. The van der Waals surface area contributed by atoms with Gasteiger partial charge < -0.3 is 9.67 Å². The van der Waals surface area contributed by atoms with Gasteiger partial charge in [0.2, 0.25) is 0 Å². The molecule has 1 N–H and O–H groups in total. The van der Waals surface area contributed by atoms with E-state index in [-0.39, 0.29) is 0 Å². The predicted molar refractivity (Wildman–Crippen MR) is 68.6 cm³/mol. The molecule has 0 aliphatic rings. The molecule has 1 aromatic heterocycles. The highest BCUT2D eigenvalue weighted by Crippen LogP contribution is 2.26. The number of carboxylic acids is 1. The molecule has 0 fully saturated rings. The zero-order chi connectivity index (χ0) is 12.6. The van der Waals surface area contributed by atoms with Crippen LogP contribution in [0.3, 0.4) is 0 Å². The molecule has 0 spiro atoms. The molecule has 0 saturated heterocycles. The van der Waals surface area contributed by atoms with Crippen LogP contribution >= 0.6 is 0 Å². The summed E-state index contributed by atoms with van der Waals surface area (Å²) < 4.78 is 1.79. The maximum absolute atomic E-state index is 11.3. The van der Waals surface area contributed by atoms with E-state index in [2.05, 4.69) is 6.58 Å². The van der Waals surface area contributed by atoms with Crippen molar-refractivity contribution in [3.05, 3.63) is 47.7 Å². The highest BCUT2D eigenvalue weighted by atomic mass is 16.4. The Labute approximate surface area is 100.0 Å². The molecule has 0 aliphatic heterocycles. The molecular weight excluding hydrogens is 214 g/mol. The Bertz CT molecular complexity index is 608. The Balaban J connectivity index is 2.87. The fourth-order valence-corrected chi connectivity index (χ4v) is 2.23. The van der Waals surface area contributed by atoms with Gasteiger partial charge in [-0.3, -0.25) is 0 Å². The summed E-state index contributed by atoms with van der Waals surface area (Å²) in [6.45, 7) is 8.04. The second-order valence-corrected chi connectivity index (χ2v) is 4.20. The molecule has 0 aliphatic carbocycles. The van der Waals surface area contributed by atoms with Gasteiger partial charge in [0.05, 0.1) is 0 Å². The molecule has 0 saturated carbocycles. The summed E-state index contributed by atoms with van der Waals surface area (Å²) in [5, 5.41) is 10.3. The molecule has 0 unspecified atom stereocenters. The van der Waals surface area contributed by atoms with E-state index in [0.717, 1.165) is 22.0 Å². The van der Waals surface area contributed by atoms with Crippen LogP contribution in [0.4, 0.5) is 0 Å². The molecule has 3 heteroatoms. The van der Waals surface area contributed by atoms with Crippen molar-refractivity contribution in [1.29, 1.82) is 0 Å². The van der Waals surface area contributed by atoms with Gasteiger partial charge in [-0.1, -0.05) is 17.7 Å². The number of aromatic nitrogens is 1. The molecular formula is C14H15NO2. The fraction of sp³-hybridized carbons (Fsp3) is 0.214. The molecule has 0 amide bonds. The number of aryl methyl sites for hydroxylation is 2. The summed E-state index contributed by atoms with van der Waals surface area (Å²) in [4.78, 5) is 11.3. The van der Waals surface area contributed by atoms with Gasteiger partial charge in [-0.25, -0.2) is 4.79 Å². The first-order valence-corrected chi connectivity index (χ1v) is 5.50. The Morgan fingerprint density at radius 1 is 1.47 bits per heavy atom. The second kappa shape index (κ2) is 4.09. The van der Waals surface area contributed by atoms with Gasteiger partial charge in [0.1, 0.15) is 5.69 Å². The third-order valence-electron chi connectivity index (χ3n) is 2.99. The van der Waals surface area contributed by atoms with Crippen molar-refractivity contribution < 1.29 is 9.90 Å². The van der Waals surface area contributed by atoms with Crippen molar-refractivity contribution in [3.63, 3.8) is 0 Å². The summed E-state index contributed by atoms with van der Waals surface area (Å²) in [7, 11) is 0. The van der Waals surface area contributed by atoms with E-state index in [1.54, 1.807) is 10.6 Å². The summed E-state index contributed by atoms with van der Waals surface area (Å²) >= 11 is 0. The zero-order valence-corrected chi connectivity index (χ0v) is 10.0. The fourth-order valence-electron chi connectivity index (χ4n) is 2.23. The maximum atomic E-state index is 11.3. The van der Waals surface area contributed by atoms with Gasteiger partial charge in [0.25, 0.3) is 0 Å². The average Bonchev–Trinajstić information content (AvgIpc) is 2.53. The lowest BCUT2D eigenvalue weighted by Gasteiger charge is -2.04. The molecule has 0 atom stereocenters. The van der Waals surface area contributed by atoms with Crippen LogP contribution in [0.5, 0.6) is 0 Å². The summed E-state index contributed by atoms with van der Waals surface area (Å²) in [5.74, 6) is -0.891. The monoisotopic (exact) mass is 229 g/mol. The van der Waals surface area contributed by atoms with Gasteiger partial charge in [0.15, 0.2) is 0 Å². The summed E-state index contributed by atoms with van der Waals surface area (Å²) in [5.41, 5.74) is 3.25. The SMILES string of the molecule is C=CCn1c(C(=O)O)c(C)c2cc(C)ccc21. The van der Waals surface area contributed by atoms with E-state index in [0.29, 0.717) is 12.2 Å². The highest BCUT2D eigenvalue weighted by molar-refractivity contribution is 5.98. The first-order valence-electron chi connectivity index (χ1n) is 5.50. The van der Waals surface area contributed by atoms with Crippen LogP contribution in [0.1, 0.15) is 21.6 Å². The number of nitrogens with zero attached hydrogens (tertiary/aromatic N) is 1. The summed E-state index contributed by atoms with van der Waals surface area (Å²) in [6, 6.07) is 5.98. The van der Waals surface area contributed by atoms with Crippen LogP contribution in [-0.4, -0.2) is 15.6 Å². The van der Waals surface area contributed by atoms with E-state index < -0.39 is 5.97 Å². The standard InChI is InChI=1S/C14H15NO2/c1-4-7-15-12-6-5-9(2)8-11(12)10(3)13(15)14(16)17/h4-6,8H,1,7H2,2-3H3,(H,16,17). The van der Waals surface area contributed by atoms with E-state index in [1.165, 1.54) is 0 Å². The Morgan fingerprint density at radius 2 is 2.18 bits per heavy atom. The number of carbonyl (C=O) groups is 1. The van der Waals surface area contributed by atoms with Crippen LogP contribution in [0.25, 0.3) is 10.9 Å². The van der Waals surface area contributed by atoms with Crippen LogP contribution in [0.15, 0.2) is 30.9 Å². The van der Waals surface area contributed by atoms with Crippen molar-refractivity contribution in [2.75, 3.05) is 0 Å². The Hall–Kier alpha value is -2.03. The van der Waals surface area contributed by atoms with E-state index >= 15 is 0 Å². The van der Waals surface area contributed by atoms with Crippen molar-refractivity contribution in [2.24, 2.45) is 0 Å². The molecule has 0 radical (unpaired) electrons. The van der Waals surface area contributed by atoms with E-state index in [4.69, 9.17) is 0 Å². The molecule has 2 rings (SSSR count). The zero-order valence-electron chi connectivity index (χ0n) is 10.0. The summed E-state index contributed by atoms with van der Waals surface area (Å²) in [6.07, 6.45) is 1.71. The van der Waals surface area contributed by atoms with Crippen molar-refractivity contribution in [1.82, 2.24) is 4.57 Å². The van der Waals surface area contributed by atoms with Crippen LogP contribution in [0, 0.1) is 13.8 Å². The number of benzene rings is 1. The second-order valence-electron chi connectivity index (χ2n) is 4.20. The molecule has 0 bridgehead atoms. The Morgan fingerprint density at radius 3 is 2.76 bits per heavy atom. The van der Waals surface area contributed by atoms with Crippen LogP contribution in [-0.2, 0) is 6.54 Å². The number of hydrogen-bond donors (Lipinski definition) is 1. The quantitative estimate of drug-likeness (QED) is 0.821. The minimum atomic E-state index is -0.891. The number of fused-ring (bicyclic) bond motifs is 1. The number of rotatable bonds is 3. The van der Waals surface area contributed by atoms with Gasteiger partial charge in [0, 0.05) is 17.4 Å². The normalized spacial score (nSPS) is 10.7. The number of aromatic carboxylic acids is 1. The van der Waals surface area contributed by atoms with Gasteiger partial charge in [-0.05, 0) is 31.5 Å². The lowest BCUT2D eigenvalue weighted by atomic mass is 10.1. The van der Waals surface area contributed by atoms with Crippen molar-refractivity contribution >= 4 is 16.9 Å². The van der Waals surface area contributed by atoms with Crippen LogP contribution < -0.4 is 0 Å². The molecule has 1 aromatic carbocycles. The van der Waals surface area contributed by atoms with Crippen molar-refractivity contribution in [2.45, 2.75) is 20.4 Å². The molecule has 17 heavy (non-hydrogen) atoms. The minimum absolute atomic E-state index is 0.352. The molecule has 2 aromatic rings. The third kappa shape index (κ3) is 1.73. The third-order valence-corrected chi connectivity index (χ3v) is 2.99. The van der Waals surface area contributed by atoms with Crippen molar-refractivity contribution in [3.8, 4) is 0 Å². The first kappa shape index (κ1) is 11.5. The topological polar surface area (TPSA) is 42.2 Å². The Kier molecular flexibility index (Phi) is 2.76. The lowest BCUT2D eigenvalue weighted by Crippen LogP contribution is -2.08. The first-order chi connectivity index (χ1) is 8.06. The van der Waals surface area contributed by atoms with E-state index in [9.17, 15) is 9.90 Å². The largest absolute Gasteiger partial charge is 0.477 e. The van der Waals surface area contributed by atoms with Gasteiger partial charge in [-0.15, -0.1) is 6.58 Å².